The Morgan fingerprint density at radius 2 is 2.12 bits per heavy atom. The van der Waals surface area contributed by atoms with Gasteiger partial charge in [0.05, 0.1) is 0 Å². The van der Waals surface area contributed by atoms with E-state index in [0.717, 1.165) is 13.0 Å². The number of aromatic amines is 1. The molecule has 17 heavy (non-hydrogen) atoms. The number of rotatable bonds is 1. The van der Waals surface area contributed by atoms with Crippen molar-refractivity contribution >= 4 is 10.9 Å². The third kappa shape index (κ3) is 1.59. The van der Waals surface area contributed by atoms with Crippen molar-refractivity contribution in [3.8, 4) is 0 Å². The normalized spacial score (nSPS) is 19.9. The molecule has 1 aromatic heterocycles. The molecule has 1 atom stereocenters. The maximum atomic E-state index is 3.63. The zero-order valence-electron chi connectivity index (χ0n) is 10.8. The van der Waals surface area contributed by atoms with Crippen molar-refractivity contribution in [2.24, 2.45) is 5.92 Å². The van der Waals surface area contributed by atoms with Crippen LogP contribution in [-0.4, -0.2) is 11.5 Å². The molecule has 1 unspecified atom stereocenters. The Kier molecular flexibility index (Phi) is 2.48. The summed E-state index contributed by atoms with van der Waals surface area (Å²) in [5.41, 5.74) is 5.64. The second kappa shape index (κ2) is 3.88. The first kappa shape index (κ1) is 10.8. The van der Waals surface area contributed by atoms with Gasteiger partial charge in [-0.3, -0.25) is 0 Å². The van der Waals surface area contributed by atoms with Gasteiger partial charge < -0.3 is 10.3 Å². The highest BCUT2D eigenvalue weighted by Crippen LogP contribution is 2.34. The molecule has 2 heteroatoms. The fourth-order valence-corrected chi connectivity index (χ4v) is 3.08. The molecule has 3 rings (SSSR count). The fraction of sp³-hybridized carbons (Fsp3) is 0.467. The third-order valence-corrected chi connectivity index (χ3v) is 3.89. The SMILES string of the molecule is Cc1cccc2[nH]c3c(c12)CCNC3C(C)C. The summed E-state index contributed by atoms with van der Waals surface area (Å²) in [4.78, 5) is 3.63. The number of aromatic nitrogens is 1. The largest absolute Gasteiger partial charge is 0.357 e. The molecule has 0 saturated carbocycles. The Balaban J connectivity index is 2.26. The predicted octanol–water partition coefficient (Wildman–Crippen LogP) is 3.32. The van der Waals surface area contributed by atoms with Crippen LogP contribution in [0.3, 0.4) is 0 Å². The van der Waals surface area contributed by atoms with Gasteiger partial charge in [0.2, 0.25) is 0 Å². The average molecular weight is 228 g/mol. The highest BCUT2D eigenvalue weighted by Gasteiger charge is 2.26. The predicted molar refractivity (Wildman–Crippen MR) is 72.3 cm³/mol. The summed E-state index contributed by atoms with van der Waals surface area (Å²) >= 11 is 0. The van der Waals surface area contributed by atoms with E-state index in [-0.39, 0.29) is 0 Å². The van der Waals surface area contributed by atoms with E-state index in [9.17, 15) is 0 Å². The molecule has 0 bridgehead atoms. The lowest BCUT2D eigenvalue weighted by Gasteiger charge is -2.27. The van der Waals surface area contributed by atoms with Crippen LogP contribution in [0.25, 0.3) is 10.9 Å². The molecular formula is C15H20N2. The van der Waals surface area contributed by atoms with Crippen molar-refractivity contribution in [3.63, 3.8) is 0 Å². The smallest absolute Gasteiger partial charge is 0.0499 e. The van der Waals surface area contributed by atoms with Crippen molar-refractivity contribution in [1.82, 2.24) is 10.3 Å². The molecule has 0 fully saturated rings. The van der Waals surface area contributed by atoms with Gasteiger partial charge in [0.25, 0.3) is 0 Å². The Morgan fingerprint density at radius 3 is 2.88 bits per heavy atom. The summed E-state index contributed by atoms with van der Waals surface area (Å²) < 4.78 is 0. The molecule has 90 valence electrons. The number of fused-ring (bicyclic) bond motifs is 3. The molecule has 2 N–H and O–H groups in total. The van der Waals surface area contributed by atoms with Crippen molar-refractivity contribution in [2.45, 2.75) is 33.2 Å². The second-order valence-electron chi connectivity index (χ2n) is 5.44. The number of nitrogens with one attached hydrogen (secondary N) is 2. The molecule has 1 aliphatic heterocycles. The highest BCUT2D eigenvalue weighted by molar-refractivity contribution is 5.88. The number of H-pyrrole nitrogens is 1. The highest BCUT2D eigenvalue weighted by atomic mass is 15.0. The number of hydrogen-bond donors (Lipinski definition) is 2. The minimum atomic E-state index is 0.477. The Labute approximate surface area is 102 Å². The molecule has 0 saturated heterocycles. The lowest BCUT2D eigenvalue weighted by atomic mass is 9.91. The van der Waals surface area contributed by atoms with Crippen LogP contribution in [0, 0.1) is 12.8 Å². The lowest BCUT2D eigenvalue weighted by molar-refractivity contribution is 0.389. The van der Waals surface area contributed by atoms with Crippen LogP contribution in [0.15, 0.2) is 18.2 Å². The minimum Gasteiger partial charge on any atom is -0.357 e. The van der Waals surface area contributed by atoms with E-state index in [2.05, 4.69) is 49.3 Å². The zero-order chi connectivity index (χ0) is 12.0. The van der Waals surface area contributed by atoms with E-state index in [1.165, 1.54) is 27.7 Å². The van der Waals surface area contributed by atoms with Crippen LogP contribution < -0.4 is 5.32 Å². The third-order valence-electron chi connectivity index (χ3n) is 3.89. The zero-order valence-corrected chi connectivity index (χ0v) is 10.8. The summed E-state index contributed by atoms with van der Waals surface area (Å²) in [7, 11) is 0. The maximum Gasteiger partial charge on any atom is 0.0499 e. The molecule has 0 amide bonds. The minimum absolute atomic E-state index is 0.477. The van der Waals surface area contributed by atoms with Crippen molar-refractivity contribution < 1.29 is 0 Å². The monoisotopic (exact) mass is 228 g/mol. The van der Waals surface area contributed by atoms with Crippen LogP contribution in [0.4, 0.5) is 0 Å². The van der Waals surface area contributed by atoms with E-state index >= 15 is 0 Å². The van der Waals surface area contributed by atoms with E-state index in [0.29, 0.717) is 12.0 Å². The lowest BCUT2D eigenvalue weighted by Crippen LogP contribution is -2.32. The van der Waals surface area contributed by atoms with Gasteiger partial charge in [-0.15, -0.1) is 0 Å². The quantitative estimate of drug-likeness (QED) is 0.770. The van der Waals surface area contributed by atoms with E-state index in [4.69, 9.17) is 0 Å². The molecule has 0 spiro atoms. The van der Waals surface area contributed by atoms with Crippen LogP contribution in [-0.2, 0) is 6.42 Å². The van der Waals surface area contributed by atoms with Crippen LogP contribution in [0.2, 0.25) is 0 Å². The first-order valence-electron chi connectivity index (χ1n) is 6.52. The fourth-order valence-electron chi connectivity index (χ4n) is 3.08. The summed E-state index contributed by atoms with van der Waals surface area (Å²) in [6.45, 7) is 7.87. The Bertz CT molecular complexity index is 551. The molecule has 1 aromatic carbocycles. The van der Waals surface area contributed by atoms with Gasteiger partial charge in [0.1, 0.15) is 0 Å². The van der Waals surface area contributed by atoms with E-state index in [1.807, 2.05) is 0 Å². The van der Waals surface area contributed by atoms with E-state index in [1.54, 1.807) is 0 Å². The van der Waals surface area contributed by atoms with Gasteiger partial charge in [0.15, 0.2) is 0 Å². The molecule has 0 radical (unpaired) electrons. The molecular weight excluding hydrogens is 208 g/mol. The number of hydrogen-bond acceptors (Lipinski definition) is 1. The van der Waals surface area contributed by atoms with Crippen molar-refractivity contribution in [2.75, 3.05) is 6.54 Å². The van der Waals surface area contributed by atoms with Crippen molar-refractivity contribution in [3.05, 3.63) is 35.0 Å². The molecule has 2 heterocycles. The summed E-state index contributed by atoms with van der Waals surface area (Å²) in [5.74, 6) is 0.627. The van der Waals surface area contributed by atoms with Gasteiger partial charge in [-0.25, -0.2) is 0 Å². The van der Waals surface area contributed by atoms with Crippen LogP contribution >= 0.6 is 0 Å². The standard InChI is InChI=1S/C15H20N2/c1-9(2)14-15-11(7-8-16-14)13-10(3)5-4-6-12(13)17-15/h4-6,9,14,16-17H,7-8H2,1-3H3. The average Bonchev–Trinajstić information content (AvgIpc) is 2.67. The van der Waals surface area contributed by atoms with Gasteiger partial charge >= 0.3 is 0 Å². The summed E-state index contributed by atoms with van der Waals surface area (Å²) in [6, 6.07) is 7.02. The second-order valence-corrected chi connectivity index (χ2v) is 5.44. The topological polar surface area (TPSA) is 27.8 Å². The molecule has 2 aromatic rings. The Hall–Kier alpha value is -1.28. The van der Waals surface area contributed by atoms with Gasteiger partial charge in [-0.05, 0) is 43.0 Å². The number of benzene rings is 1. The first-order chi connectivity index (χ1) is 8.18. The van der Waals surface area contributed by atoms with Gasteiger partial charge in [0, 0.05) is 22.6 Å². The van der Waals surface area contributed by atoms with E-state index < -0.39 is 0 Å². The van der Waals surface area contributed by atoms with Crippen molar-refractivity contribution in [1.29, 1.82) is 0 Å². The molecule has 2 nitrogen and oxygen atoms in total. The van der Waals surface area contributed by atoms with Gasteiger partial charge in [-0.2, -0.15) is 0 Å². The van der Waals surface area contributed by atoms with Gasteiger partial charge in [-0.1, -0.05) is 26.0 Å². The Morgan fingerprint density at radius 1 is 1.29 bits per heavy atom. The van der Waals surface area contributed by atoms with Crippen LogP contribution in [0.1, 0.15) is 36.7 Å². The summed E-state index contributed by atoms with van der Waals surface area (Å²) in [5, 5.41) is 5.08. The van der Waals surface area contributed by atoms with Crippen LogP contribution in [0.5, 0.6) is 0 Å². The molecule has 1 aliphatic rings. The first-order valence-corrected chi connectivity index (χ1v) is 6.52. The number of aryl methyl sites for hydroxylation is 1. The molecule has 0 aliphatic carbocycles. The summed E-state index contributed by atoms with van der Waals surface area (Å²) in [6.07, 6.45) is 1.14. The maximum absolute atomic E-state index is 3.63.